The van der Waals surface area contributed by atoms with Crippen molar-refractivity contribution in [2.24, 2.45) is 0 Å². The maximum atomic E-state index is 14.7. The molecule has 0 aromatic heterocycles. The molecule has 1 aliphatic carbocycles. The molecule has 1 N–H and O–H groups in total. The fourth-order valence-corrected chi connectivity index (χ4v) is 3.35. The van der Waals surface area contributed by atoms with E-state index in [9.17, 15) is 27.9 Å². The molecule has 0 radical (unpaired) electrons. The van der Waals surface area contributed by atoms with Crippen LogP contribution < -0.4 is 9.64 Å². The van der Waals surface area contributed by atoms with E-state index in [1.54, 1.807) is 5.92 Å². The average Bonchev–Trinajstić information content (AvgIpc) is 2.61. The van der Waals surface area contributed by atoms with Crippen molar-refractivity contribution in [1.82, 2.24) is 0 Å². The Balaban J connectivity index is 2.61. The SMILES string of the molecule is C#CC(=O)N(c1ccc(OC(F)F)c(Cl)c1F)C1(C(=O)O)CCCCC1. The summed E-state index contributed by atoms with van der Waals surface area (Å²) in [5, 5.41) is 8.96. The molecule has 5 nitrogen and oxygen atoms in total. The highest BCUT2D eigenvalue weighted by Gasteiger charge is 2.49. The Labute approximate surface area is 152 Å². The number of carboxylic acid groups (broad SMARTS) is 1. The van der Waals surface area contributed by atoms with E-state index >= 15 is 0 Å². The van der Waals surface area contributed by atoms with Crippen molar-refractivity contribution in [3.63, 3.8) is 0 Å². The molecule has 0 heterocycles. The molecule has 26 heavy (non-hydrogen) atoms. The number of benzene rings is 1. The van der Waals surface area contributed by atoms with Gasteiger partial charge in [-0.15, -0.1) is 6.42 Å². The van der Waals surface area contributed by atoms with Crippen LogP contribution in [0, 0.1) is 18.2 Å². The van der Waals surface area contributed by atoms with Gasteiger partial charge in [-0.2, -0.15) is 8.78 Å². The first-order chi connectivity index (χ1) is 12.2. The quantitative estimate of drug-likeness (QED) is 0.777. The second-order valence-electron chi connectivity index (χ2n) is 5.77. The summed E-state index contributed by atoms with van der Waals surface area (Å²) < 4.78 is 43.6. The van der Waals surface area contributed by atoms with Gasteiger partial charge >= 0.3 is 18.5 Å². The zero-order chi connectivity index (χ0) is 19.5. The van der Waals surface area contributed by atoms with Gasteiger partial charge in [-0.3, -0.25) is 9.69 Å². The number of amides is 1. The van der Waals surface area contributed by atoms with Crippen LogP contribution in [0.25, 0.3) is 0 Å². The van der Waals surface area contributed by atoms with Gasteiger partial charge in [-0.05, 0) is 30.9 Å². The number of carboxylic acids is 1. The summed E-state index contributed by atoms with van der Waals surface area (Å²) in [6.45, 7) is -3.23. The molecule has 0 aliphatic heterocycles. The molecule has 0 atom stereocenters. The van der Waals surface area contributed by atoms with Gasteiger partial charge < -0.3 is 9.84 Å². The first-order valence-corrected chi connectivity index (χ1v) is 8.09. The molecule has 0 spiro atoms. The molecule has 1 saturated carbocycles. The van der Waals surface area contributed by atoms with Gasteiger partial charge in [0.1, 0.15) is 16.3 Å². The van der Waals surface area contributed by atoms with Gasteiger partial charge in [0, 0.05) is 0 Å². The summed E-state index contributed by atoms with van der Waals surface area (Å²) in [5.74, 6) is -2.50. The molecule has 0 saturated heterocycles. The monoisotopic (exact) mass is 389 g/mol. The molecule has 9 heteroatoms. The van der Waals surface area contributed by atoms with Crippen LogP contribution in [0.15, 0.2) is 12.1 Å². The second-order valence-corrected chi connectivity index (χ2v) is 6.15. The van der Waals surface area contributed by atoms with Crippen molar-refractivity contribution in [3.05, 3.63) is 23.0 Å². The maximum Gasteiger partial charge on any atom is 0.387 e. The molecule has 1 aromatic rings. The number of hydrogen-bond acceptors (Lipinski definition) is 3. The zero-order valence-electron chi connectivity index (χ0n) is 13.5. The Hall–Kier alpha value is -2.40. The highest BCUT2D eigenvalue weighted by Crippen LogP contribution is 2.41. The van der Waals surface area contributed by atoms with Gasteiger partial charge in [0.25, 0.3) is 0 Å². The molecule has 1 fully saturated rings. The molecule has 2 rings (SSSR count). The molecule has 1 aromatic carbocycles. The molecule has 140 valence electrons. The van der Waals surface area contributed by atoms with Crippen molar-refractivity contribution in [1.29, 1.82) is 0 Å². The maximum absolute atomic E-state index is 14.7. The predicted octanol–water partition coefficient (Wildman–Crippen LogP) is 3.83. The minimum absolute atomic E-state index is 0.0715. The molecule has 1 aliphatic rings. The average molecular weight is 390 g/mol. The zero-order valence-corrected chi connectivity index (χ0v) is 14.2. The molecule has 0 bridgehead atoms. The number of carbonyl (C=O) groups is 2. The summed E-state index contributed by atoms with van der Waals surface area (Å²) in [7, 11) is 0. The summed E-state index contributed by atoms with van der Waals surface area (Å²) in [4.78, 5) is 25.0. The van der Waals surface area contributed by atoms with E-state index in [2.05, 4.69) is 4.74 Å². The highest BCUT2D eigenvalue weighted by atomic mass is 35.5. The van der Waals surface area contributed by atoms with Crippen molar-refractivity contribution < 1.29 is 32.6 Å². The summed E-state index contributed by atoms with van der Waals surface area (Å²) >= 11 is 5.73. The fraction of sp³-hybridized carbons (Fsp3) is 0.412. The van der Waals surface area contributed by atoms with Crippen molar-refractivity contribution in [2.75, 3.05) is 4.90 Å². The van der Waals surface area contributed by atoms with E-state index in [4.69, 9.17) is 18.0 Å². The number of carbonyl (C=O) groups excluding carboxylic acids is 1. The third kappa shape index (κ3) is 3.58. The fourth-order valence-electron chi connectivity index (χ4n) is 3.15. The normalized spacial score (nSPS) is 16.0. The smallest absolute Gasteiger partial charge is 0.387 e. The van der Waals surface area contributed by atoms with Gasteiger partial charge in [-0.25, -0.2) is 9.18 Å². The number of hydrogen-bond donors (Lipinski definition) is 1. The second kappa shape index (κ2) is 7.87. The van der Waals surface area contributed by atoms with E-state index in [-0.39, 0.29) is 12.8 Å². The first kappa shape index (κ1) is 19.9. The minimum atomic E-state index is -3.23. The van der Waals surface area contributed by atoms with E-state index in [0.29, 0.717) is 17.7 Å². The van der Waals surface area contributed by atoms with Crippen LogP contribution in [0.4, 0.5) is 18.9 Å². The first-order valence-electron chi connectivity index (χ1n) is 7.71. The highest BCUT2D eigenvalue weighted by molar-refractivity contribution is 6.32. The number of ether oxygens (including phenoxy) is 1. The van der Waals surface area contributed by atoms with E-state index < -0.39 is 46.3 Å². The lowest BCUT2D eigenvalue weighted by atomic mass is 9.79. The minimum Gasteiger partial charge on any atom is -0.479 e. The predicted molar refractivity (Wildman–Crippen MR) is 87.8 cm³/mol. The third-order valence-corrected chi connectivity index (χ3v) is 4.67. The lowest BCUT2D eigenvalue weighted by molar-refractivity contribution is -0.146. The van der Waals surface area contributed by atoms with Crippen molar-refractivity contribution in [2.45, 2.75) is 44.3 Å². The van der Waals surface area contributed by atoms with Gasteiger partial charge in [0.2, 0.25) is 0 Å². The van der Waals surface area contributed by atoms with Crippen LogP contribution in [-0.4, -0.2) is 29.1 Å². The Kier molecular flexibility index (Phi) is 6.03. The summed E-state index contributed by atoms with van der Waals surface area (Å²) in [5.41, 5.74) is -2.24. The van der Waals surface area contributed by atoms with Crippen LogP contribution in [0.1, 0.15) is 32.1 Å². The number of nitrogens with zero attached hydrogens (tertiary/aromatic N) is 1. The number of terminal acetylenes is 1. The van der Waals surface area contributed by atoms with Gasteiger partial charge in [-0.1, -0.05) is 30.9 Å². The Morgan fingerprint density at radius 3 is 2.42 bits per heavy atom. The Morgan fingerprint density at radius 2 is 1.92 bits per heavy atom. The number of rotatable bonds is 5. The lowest BCUT2D eigenvalue weighted by Crippen LogP contribution is -2.58. The number of anilines is 1. The van der Waals surface area contributed by atoms with Crippen LogP contribution in [0.5, 0.6) is 5.75 Å². The van der Waals surface area contributed by atoms with E-state index in [0.717, 1.165) is 18.6 Å². The van der Waals surface area contributed by atoms with E-state index in [1.807, 2.05) is 0 Å². The third-order valence-electron chi connectivity index (χ3n) is 4.32. The summed E-state index contributed by atoms with van der Waals surface area (Å²) in [6.07, 6.45) is 7.06. The number of aliphatic carboxylic acids is 1. The van der Waals surface area contributed by atoms with E-state index in [1.165, 1.54) is 0 Å². The summed E-state index contributed by atoms with van der Waals surface area (Å²) in [6, 6.07) is 1.88. The number of halogens is 4. The van der Waals surface area contributed by atoms with Crippen molar-refractivity contribution in [3.8, 4) is 18.1 Å². The van der Waals surface area contributed by atoms with Crippen LogP contribution >= 0.6 is 11.6 Å². The number of alkyl halides is 2. The van der Waals surface area contributed by atoms with Crippen molar-refractivity contribution >= 4 is 29.2 Å². The van der Waals surface area contributed by atoms with Crippen LogP contribution in [0.3, 0.4) is 0 Å². The molecule has 0 unspecified atom stereocenters. The molecule has 1 amide bonds. The standard InChI is InChI=1S/C17H15ClF3NO4/c1-2-12(23)22(17(15(24)25)8-4-3-5-9-17)10-6-7-11(26-16(20)21)13(18)14(10)19/h1,6-7,16H,3-5,8-9H2,(H,24,25). The van der Waals surface area contributed by atoms with Crippen LogP contribution in [-0.2, 0) is 9.59 Å². The largest absolute Gasteiger partial charge is 0.479 e. The van der Waals surface area contributed by atoms with Gasteiger partial charge in [0.05, 0.1) is 5.69 Å². The lowest BCUT2D eigenvalue weighted by Gasteiger charge is -2.42. The molecular formula is C17H15ClF3NO4. The topological polar surface area (TPSA) is 66.8 Å². The molecular weight excluding hydrogens is 375 g/mol. The Morgan fingerprint density at radius 1 is 1.31 bits per heavy atom. The Bertz CT molecular complexity index is 757. The van der Waals surface area contributed by atoms with Crippen LogP contribution in [0.2, 0.25) is 5.02 Å². The van der Waals surface area contributed by atoms with Gasteiger partial charge in [0.15, 0.2) is 5.82 Å².